The second kappa shape index (κ2) is 7.20. The van der Waals surface area contributed by atoms with Crippen LogP contribution in [0.3, 0.4) is 0 Å². The number of carboxylic acid groups (broad SMARTS) is 1. The summed E-state index contributed by atoms with van der Waals surface area (Å²) >= 11 is 0. The average molecular weight is 471 g/mol. The Morgan fingerprint density at radius 3 is 2.26 bits per heavy atom. The standard InChI is InChI=1S/C30H46O4/c1-25(2)13-15-30(24(33)34)16-14-28(5)19(20(30)17-25)7-8-22-26(3)11-10-23(32)27(4,18-31)21(26)9-12-29(22,28)6/h7,18,20-23,32H,8-17H2,1-6H3,(H,33,34)/t20?,21-,22-,23+,26+,27+,28-,29-,30+/m1/s1. The minimum Gasteiger partial charge on any atom is -0.481 e. The molecule has 0 aliphatic heterocycles. The van der Waals surface area contributed by atoms with Gasteiger partial charge in [0.05, 0.1) is 16.9 Å². The van der Waals surface area contributed by atoms with Gasteiger partial charge < -0.3 is 15.0 Å². The number of aliphatic hydroxyl groups is 1. The molecule has 0 spiro atoms. The van der Waals surface area contributed by atoms with Crippen LogP contribution in [0.15, 0.2) is 11.6 Å². The molecule has 2 N–H and O–H groups in total. The zero-order valence-electron chi connectivity index (χ0n) is 22.2. The quantitative estimate of drug-likeness (QED) is 0.361. The molecule has 5 aliphatic carbocycles. The number of carboxylic acids is 1. The lowest BCUT2D eigenvalue weighted by Crippen LogP contribution is -2.65. The van der Waals surface area contributed by atoms with Crippen LogP contribution in [0.2, 0.25) is 0 Å². The van der Waals surface area contributed by atoms with Gasteiger partial charge in [0.15, 0.2) is 0 Å². The van der Waals surface area contributed by atoms with E-state index in [1.165, 1.54) is 5.57 Å². The maximum atomic E-state index is 12.8. The molecule has 0 aromatic heterocycles. The molecule has 4 heteroatoms. The van der Waals surface area contributed by atoms with Crippen molar-refractivity contribution in [1.82, 2.24) is 0 Å². The van der Waals surface area contributed by atoms with Crippen molar-refractivity contribution in [2.75, 3.05) is 0 Å². The highest BCUT2D eigenvalue weighted by atomic mass is 16.4. The van der Waals surface area contributed by atoms with E-state index in [2.05, 4.69) is 40.7 Å². The number of rotatable bonds is 2. The van der Waals surface area contributed by atoms with Crippen molar-refractivity contribution in [1.29, 1.82) is 0 Å². The van der Waals surface area contributed by atoms with Gasteiger partial charge >= 0.3 is 5.97 Å². The predicted molar refractivity (Wildman–Crippen MR) is 133 cm³/mol. The van der Waals surface area contributed by atoms with Crippen molar-refractivity contribution in [2.24, 2.45) is 50.2 Å². The third-order valence-electron chi connectivity index (χ3n) is 13.0. The first-order valence-corrected chi connectivity index (χ1v) is 13.8. The van der Waals surface area contributed by atoms with Crippen molar-refractivity contribution in [3.8, 4) is 0 Å². The molecule has 190 valence electrons. The van der Waals surface area contributed by atoms with E-state index in [4.69, 9.17) is 0 Å². The summed E-state index contributed by atoms with van der Waals surface area (Å²) in [5, 5.41) is 21.3. The van der Waals surface area contributed by atoms with Crippen LogP contribution in [-0.2, 0) is 9.59 Å². The van der Waals surface area contributed by atoms with Crippen LogP contribution in [0.4, 0.5) is 0 Å². The van der Waals surface area contributed by atoms with Crippen LogP contribution < -0.4 is 0 Å². The molecular weight excluding hydrogens is 424 g/mol. The highest BCUT2D eigenvalue weighted by molar-refractivity contribution is 5.76. The first-order chi connectivity index (χ1) is 15.7. The number of carbonyl (C=O) groups excluding carboxylic acids is 1. The van der Waals surface area contributed by atoms with Crippen molar-refractivity contribution in [3.05, 3.63) is 11.6 Å². The number of hydrogen-bond acceptors (Lipinski definition) is 3. The van der Waals surface area contributed by atoms with Crippen LogP contribution in [0, 0.1) is 50.2 Å². The van der Waals surface area contributed by atoms with Crippen molar-refractivity contribution < 1.29 is 19.8 Å². The number of aliphatic hydroxyl groups excluding tert-OH is 1. The van der Waals surface area contributed by atoms with Gasteiger partial charge in [-0.15, -0.1) is 0 Å². The monoisotopic (exact) mass is 470 g/mol. The second-order valence-corrected chi connectivity index (χ2v) is 14.7. The summed E-state index contributed by atoms with van der Waals surface area (Å²) in [7, 11) is 0. The third kappa shape index (κ3) is 2.81. The highest BCUT2D eigenvalue weighted by Crippen LogP contribution is 2.75. The Kier molecular flexibility index (Phi) is 5.20. The Balaban J connectivity index is 1.60. The van der Waals surface area contributed by atoms with Gasteiger partial charge in [-0.05, 0) is 104 Å². The Bertz CT molecular complexity index is 936. The van der Waals surface area contributed by atoms with Gasteiger partial charge in [-0.2, -0.15) is 0 Å². The Hall–Kier alpha value is -1.16. The van der Waals surface area contributed by atoms with E-state index in [-0.39, 0.29) is 33.5 Å². The fourth-order valence-electron chi connectivity index (χ4n) is 10.5. The van der Waals surface area contributed by atoms with Crippen LogP contribution in [0.1, 0.15) is 106 Å². The Labute approximate surface area is 206 Å². The SMILES string of the molecule is CC1(C)CC[C@]2(C(=O)O)CC[C@]3(C)C(=CC[C@@H]4[C@@]5(C)CC[C@H](O)[C@@](C)(C=O)[C@@H]5CC[C@]43C)C2C1. The summed E-state index contributed by atoms with van der Waals surface area (Å²) in [6, 6.07) is 0. The smallest absolute Gasteiger partial charge is 0.310 e. The molecule has 5 rings (SSSR count). The Morgan fingerprint density at radius 1 is 0.941 bits per heavy atom. The molecule has 0 saturated heterocycles. The molecule has 9 atom stereocenters. The fraction of sp³-hybridized carbons (Fsp3) is 0.867. The zero-order valence-corrected chi connectivity index (χ0v) is 22.2. The van der Waals surface area contributed by atoms with Crippen molar-refractivity contribution in [2.45, 2.75) is 112 Å². The second-order valence-electron chi connectivity index (χ2n) is 14.7. The van der Waals surface area contributed by atoms with Crippen LogP contribution in [0.5, 0.6) is 0 Å². The molecule has 4 fully saturated rings. The summed E-state index contributed by atoms with van der Waals surface area (Å²) < 4.78 is 0. The molecule has 1 unspecified atom stereocenters. The lowest BCUT2D eigenvalue weighted by molar-refractivity contribution is -0.204. The maximum Gasteiger partial charge on any atom is 0.310 e. The molecule has 34 heavy (non-hydrogen) atoms. The number of aliphatic carboxylic acids is 1. The van der Waals surface area contributed by atoms with E-state index < -0.39 is 22.9 Å². The van der Waals surface area contributed by atoms with Gasteiger partial charge in [0, 0.05) is 0 Å². The van der Waals surface area contributed by atoms with Crippen LogP contribution in [-0.4, -0.2) is 28.6 Å². The molecule has 5 aliphatic rings. The fourth-order valence-corrected chi connectivity index (χ4v) is 10.5. The van der Waals surface area contributed by atoms with Crippen molar-refractivity contribution in [3.63, 3.8) is 0 Å². The average Bonchev–Trinajstić information content (AvgIpc) is 2.76. The lowest BCUT2D eigenvalue weighted by Gasteiger charge is -2.70. The van der Waals surface area contributed by atoms with E-state index in [1.54, 1.807) is 0 Å². The zero-order chi connectivity index (χ0) is 24.9. The predicted octanol–water partition coefficient (Wildman–Crippen LogP) is 6.41. The van der Waals surface area contributed by atoms with Gasteiger partial charge in [-0.3, -0.25) is 4.79 Å². The molecule has 4 nitrogen and oxygen atoms in total. The first-order valence-electron chi connectivity index (χ1n) is 13.8. The minimum absolute atomic E-state index is 0.00538. The van der Waals surface area contributed by atoms with Crippen molar-refractivity contribution >= 4 is 12.3 Å². The molecular formula is C30H46O4. The largest absolute Gasteiger partial charge is 0.481 e. The normalized spacial score (nSPS) is 53.9. The number of aldehydes is 1. The molecule has 0 heterocycles. The highest BCUT2D eigenvalue weighted by Gasteiger charge is 2.69. The number of fused-ring (bicyclic) bond motifs is 7. The van der Waals surface area contributed by atoms with Crippen LogP contribution >= 0.6 is 0 Å². The van der Waals surface area contributed by atoms with Gasteiger partial charge in [-0.1, -0.05) is 53.2 Å². The first kappa shape index (κ1) is 24.5. The van der Waals surface area contributed by atoms with E-state index in [0.29, 0.717) is 12.3 Å². The summed E-state index contributed by atoms with van der Waals surface area (Å²) in [4.78, 5) is 25.1. The van der Waals surface area contributed by atoms with Gasteiger partial charge in [-0.25, -0.2) is 0 Å². The molecule has 0 aromatic rings. The lowest BCUT2D eigenvalue weighted by atomic mass is 9.33. The topological polar surface area (TPSA) is 74.6 Å². The van der Waals surface area contributed by atoms with Crippen LogP contribution in [0.25, 0.3) is 0 Å². The summed E-state index contributed by atoms with van der Waals surface area (Å²) in [5.41, 5.74) is 0.446. The molecule has 0 bridgehead atoms. The molecule has 4 saturated carbocycles. The van der Waals surface area contributed by atoms with E-state index in [9.17, 15) is 19.8 Å². The molecule has 0 aromatic carbocycles. The maximum absolute atomic E-state index is 12.8. The third-order valence-corrected chi connectivity index (χ3v) is 13.0. The number of allylic oxidation sites excluding steroid dienone is 2. The van der Waals surface area contributed by atoms with Gasteiger partial charge in [0.1, 0.15) is 6.29 Å². The van der Waals surface area contributed by atoms with E-state index in [0.717, 1.165) is 64.1 Å². The van der Waals surface area contributed by atoms with Gasteiger partial charge in [0.25, 0.3) is 0 Å². The van der Waals surface area contributed by atoms with Gasteiger partial charge in [0.2, 0.25) is 0 Å². The van der Waals surface area contributed by atoms with E-state index >= 15 is 0 Å². The number of carbonyl (C=O) groups is 2. The summed E-state index contributed by atoms with van der Waals surface area (Å²) in [6.07, 6.45) is 12.1. The Morgan fingerprint density at radius 2 is 1.62 bits per heavy atom. The minimum atomic E-state index is -0.669. The molecule has 0 amide bonds. The molecule has 0 radical (unpaired) electrons. The van der Waals surface area contributed by atoms with E-state index in [1.807, 2.05) is 6.92 Å². The summed E-state index contributed by atoms with van der Waals surface area (Å²) in [6.45, 7) is 14.0. The summed E-state index contributed by atoms with van der Waals surface area (Å²) in [5.74, 6) is 0.201. The number of hydrogen-bond donors (Lipinski definition) is 2.